The van der Waals surface area contributed by atoms with E-state index in [9.17, 15) is 15.2 Å². The number of nitro groups is 1. The van der Waals surface area contributed by atoms with E-state index in [0.29, 0.717) is 11.4 Å². The number of hydrogen-bond donors (Lipinski definition) is 1. The fraction of sp³-hybridized carbons (Fsp3) is 0. The minimum Gasteiger partial charge on any atom is -0.506 e. The quantitative estimate of drug-likeness (QED) is 0.314. The molecule has 0 unspecified atom stereocenters. The molecule has 1 N–H and O–H groups in total. The summed E-state index contributed by atoms with van der Waals surface area (Å²) in [5, 5.41) is 30.4. The van der Waals surface area contributed by atoms with Crippen molar-refractivity contribution in [3.63, 3.8) is 0 Å². The van der Waals surface area contributed by atoms with Crippen molar-refractivity contribution >= 4 is 27.8 Å². The molecule has 0 aliphatic carbocycles. The second-order valence-corrected chi connectivity index (χ2v) is 4.63. The largest absolute Gasteiger partial charge is 0.506 e. The van der Waals surface area contributed by atoms with E-state index in [1.807, 2.05) is 24.3 Å². The summed E-state index contributed by atoms with van der Waals surface area (Å²) in [6.45, 7) is 0. The molecule has 3 rings (SSSR count). The molecule has 0 atom stereocenters. The second-order valence-electron chi connectivity index (χ2n) is 4.63. The first-order valence-electron chi connectivity index (χ1n) is 6.52. The summed E-state index contributed by atoms with van der Waals surface area (Å²) < 4.78 is 0. The van der Waals surface area contributed by atoms with E-state index in [4.69, 9.17) is 0 Å². The first kappa shape index (κ1) is 16.6. The van der Waals surface area contributed by atoms with Gasteiger partial charge in [0.1, 0.15) is 11.4 Å². The normalized spacial score (nSPS) is 10.6. The van der Waals surface area contributed by atoms with Crippen molar-refractivity contribution in [3.8, 4) is 5.75 Å². The van der Waals surface area contributed by atoms with Crippen LogP contribution in [0.3, 0.4) is 0 Å². The summed E-state index contributed by atoms with van der Waals surface area (Å²) in [7, 11) is 0. The molecule has 119 valence electrons. The standard InChI is InChI=1S/C16H11N3O3.Cu/c20-15-10-5-11-3-1-2-4-14(11)16(15)18-17-12-6-8-13(9-7-12)19(21)22;/h1-10,20H;. The van der Waals surface area contributed by atoms with E-state index in [2.05, 4.69) is 10.2 Å². The van der Waals surface area contributed by atoms with Gasteiger partial charge in [0.05, 0.1) is 10.6 Å². The summed E-state index contributed by atoms with van der Waals surface area (Å²) in [5.74, 6) is 0.0318. The number of rotatable bonds is 3. The molecule has 1 radical (unpaired) electrons. The van der Waals surface area contributed by atoms with Gasteiger partial charge in [0.2, 0.25) is 0 Å². The fourth-order valence-electron chi connectivity index (χ4n) is 2.10. The van der Waals surface area contributed by atoms with E-state index in [-0.39, 0.29) is 28.5 Å². The van der Waals surface area contributed by atoms with Gasteiger partial charge in [0.15, 0.2) is 0 Å². The van der Waals surface area contributed by atoms with Crippen molar-refractivity contribution < 1.29 is 27.1 Å². The Morgan fingerprint density at radius 1 is 0.913 bits per heavy atom. The molecule has 0 aliphatic heterocycles. The Hall–Kier alpha value is -2.76. The van der Waals surface area contributed by atoms with Crippen molar-refractivity contribution in [2.45, 2.75) is 0 Å². The molecule has 3 aromatic carbocycles. The summed E-state index contributed by atoms with van der Waals surface area (Å²) in [5.41, 5.74) is 0.835. The second kappa shape index (κ2) is 7.00. The van der Waals surface area contributed by atoms with Crippen LogP contribution in [0.15, 0.2) is 70.9 Å². The van der Waals surface area contributed by atoms with Crippen LogP contribution < -0.4 is 0 Å². The van der Waals surface area contributed by atoms with Crippen LogP contribution in [0.2, 0.25) is 0 Å². The number of azo groups is 1. The van der Waals surface area contributed by atoms with E-state index in [1.165, 1.54) is 24.3 Å². The number of phenolic OH excluding ortho intramolecular Hbond substituents is 1. The van der Waals surface area contributed by atoms with E-state index in [0.717, 1.165) is 10.8 Å². The monoisotopic (exact) mass is 356 g/mol. The van der Waals surface area contributed by atoms with Gasteiger partial charge in [-0.1, -0.05) is 30.3 Å². The molecule has 0 aromatic heterocycles. The number of non-ortho nitro benzene ring substituents is 1. The minimum absolute atomic E-state index is 0. The van der Waals surface area contributed by atoms with Crippen LogP contribution in [0.5, 0.6) is 5.75 Å². The van der Waals surface area contributed by atoms with Crippen LogP contribution in [0.25, 0.3) is 10.8 Å². The average Bonchev–Trinajstić information content (AvgIpc) is 2.54. The maximum absolute atomic E-state index is 10.6. The minimum atomic E-state index is -0.475. The van der Waals surface area contributed by atoms with Crippen molar-refractivity contribution in [1.82, 2.24) is 0 Å². The Kier molecular flexibility index (Phi) is 5.05. The summed E-state index contributed by atoms with van der Waals surface area (Å²) >= 11 is 0. The zero-order valence-corrected chi connectivity index (χ0v) is 12.6. The van der Waals surface area contributed by atoms with Gasteiger partial charge in [-0.05, 0) is 23.6 Å². The molecule has 0 amide bonds. The number of benzene rings is 3. The Bertz CT molecular complexity index is 879. The van der Waals surface area contributed by atoms with E-state index in [1.54, 1.807) is 12.1 Å². The zero-order chi connectivity index (χ0) is 15.5. The SMILES string of the molecule is O=[N+]([O-])c1ccc(N=Nc2c(O)ccc3ccccc23)cc1.[Cu]. The van der Waals surface area contributed by atoms with E-state index >= 15 is 0 Å². The molecule has 0 heterocycles. The topological polar surface area (TPSA) is 88.1 Å². The fourth-order valence-corrected chi connectivity index (χ4v) is 2.10. The summed E-state index contributed by atoms with van der Waals surface area (Å²) in [6.07, 6.45) is 0. The molecule has 0 aliphatic rings. The number of nitrogens with zero attached hydrogens (tertiary/aromatic N) is 3. The van der Waals surface area contributed by atoms with Crippen LogP contribution in [0.1, 0.15) is 0 Å². The third kappa shape index (κ3) is 3.53. The third-order valence-electron chi connectivity index (χ3n) is 3.21. The average molecular weight is 357 g/mol. The molecule has 23 heavy (non-hydrogen) atoms. The molecule has 7 heteroatoms. The van der Waals surface area contributed by atoms with Crippen molar-refractivity contribution in [2.75, 3.05) is 0 Å². The maximum Gasteiger partial charge on any atom is 0.269 e. The van der Waals surface area contributed by atoms with Crippen molar-refractivity contribution in [1.29, 1.82) is 0 Å². The van der Waals surface area contributed by atoms with Gasteiger partial charge in [0.25, 0.3) is 5.69 Å². The Morgan fingerprint density at radius 3 is 2.30 bits per heavy atom. The van der Waals surface area contributed by atoms with Gasteiger partial charge in [-0.2, -0.15) is 5.11 Å². The third-order valence-corrected chi connectivity index (χ3v) is 3.21. The molecule has 3 aromatic rings. The van der Waals surface area contributed by atoms with Crippen LogP contribution in [-0.4, -0.2) is 10.0 Å². The van der Waals surface area contributed by atoms with E-state index < -0.39 is 4.92 Å². The molecule has 0 spiro atoms. The van der Waals surface area contributed by atoms with Crippen molar-refractivity contribution in [2.24, 2.45) is 10.2 Å². The molecular formula is C16H11CuN3O3. The number of aromatic hydroxyl groups is 1. The number of hydrogen-bond acceptors (Lipinski definition) is 5. The summed E-state index contributed by atoms with van der Waals surface area (Å²) in [6, 6.07) is 16.6. The Morgan fingerprint density at radius 2 is 1.61 bits per heavy atom. The van der Waals surface area contributed by atoms with Crippen LogP contribution in [-0.2, 0) is 17.1 Å². The molecule has 0 bridgehead atoms. The number of nitro benzene ring substituents is 1. The molecule has 0 saturated heterocycles. The van der Waals surface area contributed by atoms with Gasteiger partial charge < -0.3 is 5.11 Å². The van der Waals surface area contributed by atoms with Crippen LogP contribution in [0, 0.1) is 10.1 Å². The van der Waals surface area contributed by atoms with Crippen LogP contribution in [0.4, 0.5) is 17.1 Å². The van der Waals surface area contributed by atoms with Gasteiger partial charge in [-0.15, -0.1) is 5.11 Å². The Balaban J connectivity index is 0.00000192. The van der Waals surface area contributed by atoms with Crippen molar-refractivity contribution in [3.05, 3.63) is 70.8 Å². The zero-order valence-electron chi connectivity index (χ0n) is 11.7. The van der Waals surface area contributed by atoms with Gasteiger partial charge >= 0.3 is 0 Å². The number of fused-ring (bicyclic) bond motifs is 1. The van der Waals surface area contributed by atoms with Gasteiger partial charge in [-0.25, -0.2) is 0 Å². The number of phenols is 1. The van der Waals surface area contributed by atoms with Gasteiger partial charge in [0, 0.05) is 34.6 Å². The molecule has 0 saturated carbocycles. The molecular weight excluding hydrogens is 346 g/mol. The van der Waals surface area contributed by atoms with Crippen LogP contribution >= 0.6 is 0 Å². The first-order chi connectivity index (χ1) is 10.6. The smallest absolute Gasteiger partial charge is 0.269 e. The predicted octanol–water partition coefficient (Wildman–Crippen LogP) is 4.87. The summed E-state index contributed by atoms with van der Waals surface area (Å²) in [4.78, 5) is 10.1. The molecule has 0 fully saturated rings. The maximum atomic E-state index is 10.6. The van der Waals surface area contributed by atoms with Gasteiger partial charge in [-0.3, -0.25) is 10.1 Å². The Labute approximate surface area is 142 Å². The molecule has 6 nitrogen and oxygen atoms in total. The first-order valence-corrected chi connectivity index (χ1v) is 6.52. The predicted molar refractivity (Wildman–Crippen MR) is 82.9 cm³/mol.